The molecule has 1 N–H and O–H groups in total. The van der Waals surface area contributed by atoms with Crippen LogP contribution in [0.25, 0.3) is 0 Å². The van der Waals surface area contributed by atoms with E-state index in [0.717, 1.165) is 29.8 Å². The SMILES string of the molecule is Cc1nonc1Cn1ccc(C(O)C2CC2)c1. The van der Waals surface area contributed by atoms with Crippen LogP contribution in [-0.2, 0) is 6.54 Å². The predicted octanol–water partition coefficient (Wildman–Crippen LogP) is 1.67. The normalized spacial score (nSPS) is 17.3. The number of rotatable bonds is 4. The topological polar surface area (TPSA) is 64.1 Å². The molecule has 0 saturated heterocycles. The van der Waals surface area contributed by atoms with Crippen LogP contribution < -0.4 is 0 Å². The van der Waals surface area contributed by atoms with Crippen molar-refractivity contribution in [1.29, 1.82) is 0 Å². The smallest absolute Gasteiger partial charge is 0.127 e. The van der Waals surface area contributed by atoms with Gasteiger partial charge >= 0.3 is 0 Å². The minimum atomic E-state index is -0.312. The fourth-order valence-electron chi connectivity index (χ4n) is 1.98. The van der Waals surface area contributed by atoms with Crippen LogP contribution in [0.2, 0.25) is 0 Å². The molecule has 0 bridgehead atoms. The van der Waals surface area contributed by atoms with Crippen molar-refractivity contribution < 1.29 is 9.74 Å². The summed E-state index contributed by atoms with van der Waals surface area (Å²) in [5.41, 5.74) is 2.62. The van der Waals surface area contributed by atoms with Gasteiger partial charge in [0.1, 0.15) is 11.4 Å². The van der Waals surface area contributed by atoms with Gasteiger partial charge in [-0.1, -0.05) is 10.3 Å². The lowest BCUT2D eigenvalue weighted by molar-refractivity contribution is 0.154. The van der Waals surface area contributed by atoms with Crippen LogP contribution >= 0.6 is 0 Å². The lowest BCUT2D eigenvalue weighted by Gasteiger charge is -2.05. The van der Waals surface area contributed by atoms with Gasteiger partial charge in [-0.3, -0.25) is 0 Å². The first-order valence-electron chi connectivity index (χ1n) is 5.86. The van der Waals surface area contributed by atoms with Crippen molar-refractivity contribution >= 4 is 0 Å². The Morgan fingerprint density at radius 2 is 2.35 bits per heavy atom. The summed E-state index contributed by atoms with van der Waals surface area (Å²) < 4.78 is 6.65. The minimum absolute atomic E-state index is 0.312. The van der Waals surface area contributed by atoms with E-state index in [2.05, 4.69) is 14.9 Å². The first-order chi connectivity index (χ1) is 8.24. The molecule has 1 aliphatic carbocycles. The largest absolute Gasteiger partial charge is 0.388 e. The molecule has 0 aromatic carbocycles. The monoisotopic (exact) mass is 233 g/mol. The zero-order valence-electron chi connectivity index (χ0n) is 9.71. The Bertz CT molecular complexity index is 513. The van der Waals surface area contributed by atoms with E-state index in [0.29, 0.717) is 12.5 Å². The molecule has 5 heteroatoms. The number of aryl methyl sites for hydroxylation is 1. The molecule has 1 aliphatic rings. The van der Waals surface area contributed by atoms with Crippen molar-refractivity contribution in [2.24, 2.45) is 5.92 Å². The average molecular weight is 233 g/mol. The Morgan fingerprint density at radius 3 is 3.00 bits per heavy atom. The molecule has 2 heterocycles. The summed E-state index contributed by atoms with van der Waals surface area (Å²) in [6.07, 6.45) is 5.89. The van der Waals surface area contributed by atoms with Gasteiger partial charge in [-0.25, -0.2) is 4.63 Å². The van der Waals surface area contributed by atoms with Crippen molar-refractivity contribution in [3.63, 3.8) is 0 Å². The first-order valence-corrected chi connectivity index (χ1v) is 5.86. The molecule has 3 rings (SSSR count). The molecule has 2 aromatic rings. The summed E-state index contributed by atoms with van der Waals surface area (Å²) in [5, 5.41) is 17.6. The van der Waals surface area contributed by atoms with Gasteiger partial charge in [-0.05, 0) is 37.3 Å². The molecule has 5 nitrogen and oxygen atoms in total. The maximum Gasteiger partial charge on any atom is 0.127 e. The van der Waals surface area contributed by atoms with Gasteiger partial charge in [0.05, 0.1) is 12.6 Å². The summed E-state index contributed by atoms with van der Waals surface area (Å²) in [6.45, 7) is 2.50. The van der Waals surface area contributed by atoms with E-state index >= 15 is 0 Å². The molecule has 0 aliphatic heterocycles. The predicted molar refractivity (Wildman–Crippen MR) is 60.3 cm³/mol. The summed E-state index contributed by atoms with van der Waals surface area (Å²) in [6, 6.07) is 1.96. The minimum Gasteiger partial charge on any atom is -0.388 e. The van der Waals surface area contributed by atoms with Crippen LogP contribution in [0.3, 0.4) is 0 Å². The molecule has 1 fully saturated rings. The molecule has 2 aromatic heterocycles. The Kier molecular flexibility index (Phi) is 2.48. The standard InChI is InChI=1S/C12H15N3O2/c1-8-11(14-17-13-8)7-15-5-4-10(6-15)12(16)9-2-3-9/h4-6,9,12,16H,2-3,7H2,1H3. The van der Waals surface area contributed by atoms with E-state index in [1.54, 1.807) is 0 Å². The van der Waals surface area contributed by atoms with Gasteiger partial charge in [0.15, 0.2) is 0 Å². The van der Waals surface area contributed by atoms with Gasteiger partial charge in [0.25, 0.3) is 0 Å². The van der Waals surface area contributed by atoms with Gasteiger partial charge in [0, 0.05) is 12.4 Å². The molecule has 1 saturated carbocycles. The van der Waals surface area contributed by atoms with Crippen molar-refractivity contribution in [2.75, 3.05) is 0 Å². The number of hydrogen-bond donors (Lipinski definition) is 1. The zero-order chi connectivity index (χ0) is 11.8. The number of hydrogen-bond acceptors (Lipinski definition) is 4. The van der Waals surface area contributed by atoms with Crippen LogP contribution in [0, 0.1) is 12.8 Å². The van der Waals surface area contributed by atoms with Crippen molar-refractivity contribution in [3.05, 3.63) is 35.4 Å². The van der Waals surface area contributed by atoms with E-state index in [1.807, 2.05) is 30.0 Å². The Labute approximate surface area is 99.0 Å². The fraction of sp³-hybridized carbons (Fsp3) is 0.500. The average Bonchev–Trinajstić information content (AvgIpc) is 2.95. The highest BCUT2D eigenvalue weighted by atomic mass is 16.6. The van der Waals surface area contributed by atoms with Crippen molar-refractivity contribution in [1.82, 2.24) is 14.9 Å². The summed E-state index contributed by atoms with van der Waals surface area (Å²) in [5.74, 6) is 0.460. The van der Waals surface area contributed by atoms with Crippen molar-refractivity contribution in [3.8, 4) is 0 Å². The third-order valence-electron chi connectivity index (χ3n) is 3.26. The Morgan fingerprint density at radius 1 is 1.53 bits per heavy atom. The second kappa shape index (κ2) is 4.00. The molecule has 90 valence electrons. The third kappa shape index (κ3) is 2.10. The molecular formula is C12H15N3O2. The highest BCUT2D eigenvalue weighted by Crippen LogP contribution is 2.40. The number of nitrogens with zero attached hydrogens (tertiary/aromatic N) is 3. The van der Waals surface area contributed by atoms with Crippen LogP contribution in [0.5, 0.6) is 0 Å². The molecule has 0 spiro atoms. The van der Waals surface area contributed by atoms with Crippen LogP contribution in [0.15, 0.2) is 23.1 Å². The van der Waals surface area contributed by atoms with E-state index in [-0.39, 0.29) is 6.10 Å². The maximum atomic E-state index is 9.99. The zero-order valence-corrected chi connectivity index (χ0v) is 9.71. The molecule has 0 amide bonds. The van der Waals surface area contributed by atoms with E-state index in [1.165, 1.54) is 0 Å². The highest BCUT2D eigenvalue weighted by Gasteiger charge is 2.31. The quantitative estimate of drug-likeness (QED) is 0.872. The lowest BCUT2D eigenvalue weighted by Crippen LogP contribution is -2.00. The second-order valence-corrected chi connectivity index (χ2v) is 4.70. The van der Waals surface area contributed by atoms with E-state index in [4.69, 9.17) is 0 Å². The fourth-order valence-corrected chi connectivity index (χ4v) is 1.98. The summed E-state index contributed by atoms with van der Waals surface area (Å²) in [4.78, 5) is 0. The molecule has 17 heavy (non-hydrogen) atoms. The number of aliphatic hydroxyl groups is 1. The Hall–Kier alpha value is -1.62. The van der Waals surface area contributed by atoms with Crippen molar-refractivity contribution in [2.45, 2.75) is 32.4 Å². The maximum absolute atomic E-state index is 9.99. The number of aliphatic hydroxyl groups excluding tert-OH is 1. The molecule has 1 unspecified atom stereocenters. The van der Waals surface area contributed by atoms with Gasteiger partial charge < -0.3 is 9.67 Å². The van der Waals surface area contributed by atoms with E-state index < -0.39 is 0 Å². The van der Waals surface area contributed by atoms with Gasteiger partial charge in [-0.2, -0.15) is 0 Å². The second-order valence-electron chi connectivity index (χ2n) is 4.70. The van der Waals surface area contributed by atoms with Crippen LogP contribution in [0.1, 0.15) is 35.9 Å². The highest BCUT2D eigenvalue weighted by molar-refractivity contribution is 5.17. The van der Waals surface area contributed by atoms with Crippen LogP contribution in [0.4, 0.5) is 0 Å². The summed E-state index contributed by atoms with van der Waals surface area (Å²) >= 11 is 0. The van der Waals surface area contributed by atoms with Crippen LogP contribution in [-0.4, -0.2) is 20.0 Å². The first kappa shape index (κ1) is 10.5. The number of aromatic nitrogens is 3. The van der Waals surface area contributed by atoms with Gasteiger partial charge in [0.2, 0.25) is 0 Å². The lowest BCUT2D eigenvalue weighted by atomic mass is 10.1. The summed E-state index contributed by atoms with van der Waals surface area (Å²) in [7, 11) is 0. The molecule has 1 atom stereocenters. The van der Waals surface area contributed by atoms with Gasteiger partial charge in [-0.15, -0.1) is 0 Å². The Balaban J connectivity index is 1.74. The third-order valence-corrected chi connectivity index (χ3v) is 3.26. The van der Waals surface area contributed by atoms with E-state index in [9.17, 15) is 5.11 Å². The molecule has 0 radical (unpaired) electrons. The molecular weight excluding hydrogens is 218 g/mol.